The van der Waals surface area contributed by atoms with E-state index in [1.54, 1.807) is 0 Å². The van der Waals surface area contributed by atoms with Crippen LogP contribution in [0.4, 0.5) is 0 Å². The van der Waals surface area contributed by atoms with Crippen LogP contribution in [0.5, 0.6) is 0 Å². The van der Waals surface area contributed by atoms with Gasteiger partial charge in [-0.2, -0.15) is 0 Å². The first-order valence-electron chi connectivity index (χ1n) is 8.12. The summed E-state index contributed by atoms with van der Waals surface area (Å²) in [5.74, 6) is 0.115. The smallest absolute Gasteiger partial charge is 0.234 e. The maximum atomic E-state index is 12.1. The van der Waals surface area contributed by atoms with Crippen molar-refractivity contribution in [3.05, 3.63) is 0 Å². The fourth-order valence-electron chi connectivity index (χ4n) is 3.14. The molecule has 0 heterocycles. The first kappa shape index (κ1) is 18.1. The monoisotopic (exact) mass is 296 g/mol. The zero-order chi connectivity index (χ0) is 16.2. The second-order valence-corrected chi connectivity index (χ2v) is 7.71. The van der Waals surface area contributed by atoms with Gasteiger partial charge in [0.05, 0.1) is 12.6 Å². The molecule has 1 fully saturated rings. The van der Waals surface area contributed by atoms with E-state index in [2.05, 4.69) is 24.1 Å². The molecule has 4 heteroatoms. The largest absolute Gasteiger partial charge is 0.345 e. The van der Waals surface area contributed by atoms with Gasteiger partial charge >= 0.3 is 0 Å². The van der Waals surface area contributed by atoms with Crippen molar-refractivity contribution in [2.45, 2.75) is 72.4 Å². The minimum Gasteiger partial charge on any atom is -0.345 e. The van der Waals surface area contributed by atoms with Crippen LogP contribution in [-0.4, -0.2) is 42.3 Å². The molecule has 1 rings (SSSR count). The highest BCUT2D eigenvalue weighted by Crippen LogP contribution is 2.36. The number of rotatable bonds is 6. The summed E-state index contributed by atoms with van der Waals surface area (Å²) in [7, 11) is 2.01. The topological polar surface area (TPSA) is 49.4 Å². The lowest BCUT2D eigenvalue weighted by Gasteiger charge is -2.38. The number of nitrogens with zero attached hydrogens (tertiary/aromatic N) is 1. The number of hydrogen-bond donors (Lipinski definition) is 1. The average molecular weight is 296 g/mol. The summed E-state index contributed by atoms with van der Waals surface area (Å²) in [6.07, 6.45) is 4.73. The molecule has 21 heavy (non-hydrogen) atoms. The molecule has 0 bridgehead atoms. The van der Waals surface area contributed by atoms with E-state index in [0.717, 1.165) is 12.8 Å². The minimum atomic E-state index is -0.365. The molecule has 1 aliphatic rings. The number of carbonyl (C=O) groups is 2. The van der Waals surface area contributed by atoms with Crippen LogP contribution >= 0.6 is 0 Å². The zero-order valence-electron chi connectivity index (χ0n) is 14.5. The van der Waals surface area contributed by atoms with E-state index in [1.807, 2.05) is 20.9 Å². The van der Waals surface area contributed by atoms with Crippen molar-refractivity contribution in [2.75, 3.05) is 13.6 Å². The Bertz CT molecular complexity index is 367. The fraction of sp³-hybridized carbons (Fsp3) is 0.882. The predicted octanol–water partition coefficient (Wildman–Crippen LogP) is 2.62. The molecule has 1 saturated carbocycles. The Morgan fingerprint density at radius 1 is 1.24 bits per heavy atom. The number of amides is 1. The summed E-state index contributed by atoms with van der Waals surface area (Å²) in [5.41, 5.74) is 0.441. The number of nitrogens with one attached hydrogen (secondary N) is 1. The highest BCUT2D eigenvalue weighted by atomic mass is 16.2. The van der Waals surface area contributed by atoms with E-state index in [9.17, 15) is 9.59 Å². The first-order chi connectivity index (χ1) is 9.62. The minimum absolute atomic E-state index is 0.0282. The summed E-state index contributed by atoms with van der Waals surface area (Å²) in [6, 6.07) is 0.120. The number of likely N-dealkylation sites (N-methyl/N-ethyl adjacent to an activating group) is 1. The maximum absolute atomic E-state index is 12.1. The van der Waals surface area contributed by atoms with Gasteiger partial charge in [0, 0.05) is 6.04 Å². The van der Waals surface area contributed by atoms with Crippen LogP contribution in [0.15, 0.2) is 0 Å². The second kappa shape index (κ2) is 7.39. The van der Waals surface area contributed by atoms with Gasteiger partial charge in [-0.25, -0.2) is 0 Å². The summed E-state index contributed by atoms with van der Waals surface area (Å²) < 4.78 is 0. The van der Waals surface area contributed by atoms with E-state index in [1.165, 1.54) is 19.8 Å². The summed E-state index contributed by atoms with van der Waals surface area (Å²) >= 11 is 0. The van der Waals surface area contributed by atoms with Crippen LogP contribution < -0.4 is 5.32 Å². The van der Waals surface area contributed by atoms with Gasteiger partial charge in [0.1, 0.15) is 0 Å². The number of Topliss-reactive ketones (excluding diaryl/α,β-unsaturated/α-hetero) is 1. The third-order valence-electron chi connectivity index (χ3n) is 4.75. The van der Waals surface area contributed by atoms with Crippen molar-refractivity contribution >= 4 is 11.7 Å². The van der Waals surface area contributed by atoms with Crippen LogP contribution in [0.25, 0.3) is 0 Å². The molecule has 0 aromatic carbocycles. The Balaban J connectivity index is 2.45. The molecule has 0 radical (unpaired) electrons. The summed E-state index contributed by atoms with van der Waals surface area (Å²) in [5, 5.41) is 2.87. The highest BCUT2D eigenvalue weighted by molar-refractivity contribution is 5.88. The molecule has 1 amide bonds. The zero-order valence-corrected chi connectivity index (χ0v) is 14.5. The maximum Gasteiger partial charge on any atom is 0.234 e. The normalized spacial score (nSPS) is 20.6. The Kier molecular flexibility index (Phi) is 6.39. The van der Waals surface area contributed by atoms with Crippen LogP contribution in [-0.2, 0) is 9.59 Å². The molecule has 0 aliphatic heterocycles. The van der Waals surface area contributed by atoms with Crippen molar-refractivity contribution < 1.29 is 9.59 Å². The van der Waals surface area contributed by atoms with Crippen molar-refractivity contribution in [1.82, 2.24) is 10.2 Å². The van der Waals surface area contributed by atoms with Crippen LogP contribution in [0.3, 0.4) is 0 Å². The molecule has 4 nitrogen and oxygen atoms in total. The first-order valence-corrected chi connectivity index (χ1v) is 8.12. The molecule has 1 atom stereocenters. The van der Waals surface area contributed by atoms with E-state index in [0.29, 0.717) is 18.0 Å². The quantitative estimate of drug-likeness (QED) is 0.819. The highest BCUT2D eigenvalue weighted by Gasteiger charge is 2.30. The van der Waals surface area contributed by atoms with E-state index >= 15 is 0 Å². The average Bonchev–Trinajstić information content (AvgIpc) is 2.34. The van der Waals surface area contributed by atoms with Gasteiger partial charge in [0.2, 0.25) is 5.91 Å². The van der Waals surface area contributed by atoms with Gasteiger partial charge in [-0.15, -0.1) is 0 Å². The Hall–Kier alpha value is -0.900. The summed E-state index contributed by atoms with van der Waals surface area (Å²) in [6.45, 7) is 10.5. The number of hydrogen-bond acceptors (Lipinski definition) is 3. The summed E-state index contributed by atoms with van der Waals surface area (Å²) in [4.78, 5) is 25.8. The Morgan fingerprint density at radius 3 is 2.19 bits per heavy atom. The van der Waals surface area contributed by atoms with Crippen LogP contribution in [0.2, 0.25) is 0 Å². The molecular weight excluding hydrogens is 264 g/mol. The van der Waals surface area contributed by atoms with Crippen molar-refractivity contribution in [2.24, 2.45) is 11.3 Å². The molecule has 0 saturated heterocycles. The third-order valence-corrected chi connectivity index (χ3v) is 4.75. The number of ketones is 1. The standard InChI is InChI=1S/C17H32N2O2/c1-12(2)16(13(3)20)18-15(21)11-19(6)14-7-9-17(4,5)10-8-14/h12,14,16H,7-11H2,1-6H3,(H,18,21). The van der Waals surface area contributed by atoms with Crippen molar-refractivity contribution in [3.8, 4) is 0 Å². The Labute approximate surface area is 129 Å². The van der Waals surface area contributed by atoms with Gasteiger partial charge in [-0.05, 0) is 51.0 Å². The van der Waals surface area contributed by atoms with Gasteiger partial charge in [0.25, 0.3) is 0 Å². The van der Waals surface area contributed by atoms with Gasteiger partial charge in [-0.3, -0.25) is 14.5 Å². The SMILES string of the molecule is CC(=O)C(NC(=O)CN(C)C1CCC(C)(C)CC1)C(C)C. The van der Waals surface area contributed by atoms with E-state index in [-0.39, 0.29) is 23.7 Å². The third kappa shape index (κ3) is 5.77. The van der Waals surface area contributed by atoms with Gasteiger partial charge in [-0.1, -0.05) is 27.7 Å². The molecule has 122 valence electrons. The Morgan fingerprint density at radius 2 is 1.76 bits per heavy atom. The van der Waals surface area contributed by atoms with Crippen molar-refractivity contribution in [1.29, 1.82) is 0 Å². The molecule has 1 unspecified atom stereocenters. The van der Waals surface area contributed by atoms with Gasteiger partial charge in [0.15, 0.2) is 5.78 Å². The van der Waals surface area contributed by atoms with E-state index < -0.39 is 0 Å². The lowest BCUT2D eigenvalue weighted by Crippen LogP contribution is -2.49. The lowest BCUT2D eigenvalue weighted by atomic mass is 9.75. The lowest BCUT2D eigenvalue weighted by molar-refractivity contribution is -0.128. The molecule has 0 aromatic heterocycles. The molecule has 0 aromatic rings. The van der Waals surface area contributed by atoms with E-state index in [4.69, 9.17) is 0 Å². The van der Waals surface area contributed by atoms with Crippen LogP contribution in [0.1, 0.15) is 60.3 Å². The van der Waals surface area contributed by atoms with Crippen molar-refractivity contribution in [3.63, 3.8) is 0 Å². The molecule has 1 N–H and O–H groups in total. The molecule has 1 aliphatic carbocycles. The number of carbonyl (C=O) groups excluding carboxylic acids is 2. The second-order valence-electron chi connectivity index (χ2n) is 7.71. The van der Waals surface area contributed by atoms with Crippen LogP contribution in [0, 0.1) is 11.3 Å². The van der Waals surface area contributed by atoms with Gasteiger partial charge < -0.3 is 5.32 Å². The fourth-order valence-corrected chi connectivity index (χ4v) is 3.14. The predicted molar refractivity (Wildman–Crippen MR) is 86.1 cm³/mol. The molecular formula is C17H32N2O2. The molecule has 0 spiro atoms.